The molecule has 0 saturated heterocycles. The van der Waals surface area contributed by atoms with E-state index in [2.05, 4.69) is 10.6 Å². The molecule has 0 fully saturated rings. The van der Waals surface area contributed by atoms with Gasteiger partial charge in [0.1, 0.15) is 0 Å². The molecule has 0 aliphatic carbocycles. The molecule has 2 amide bonds. The Kier molecular flexibility index (Phi) is 6.39. The van der Waals surface area contributed by atoms with Gasteiger partial charge < -0.3 is 15.7 Å². The van der Waals surface area contributed by atoms with Crippen molar-refractivity contribution in [3.8, 4) is 0 Å². The number of benzene rings is 1. The molecule has 0 bridgehead atoms. The third-order valence-corrected chi connectivity index (χ3v) is 3.01. The van der Waals surface area contributed by atoms with E-state index in [9.17, 15) is 14.4 Å². The molecular formula is C15H20N2O4. The van der Waals surface area contributed by atoms with Crippen LogP contribution in [0.1, 0.15) is 37.0 Å². The van der Waals surface area contributed by atoms with E-state index in [-0.39, 0.29) is 24.2 Å². The van der Waals surface area contributed by atoms with E-state index in [1.807, 2.05) is 6.92 Å². The number of anilines is 1. The highest BCUT2D eigenvalue weighted by atomic mass is 16.4. The van der Waals surface area contributed by atoms with Crippen molar-refractivity contribution in [1.29, 1.82) is 0 Å². The predicted octanol–water partition coefficient (Wildman–Crippen LogP) is 2.51. The summed E-state index contributed by atoms with van der Waals surface area (Å²) in [6.45, 7) is 3.77. The highest BCUT2D eigenvalue weighted by molar-refractivity contribution is 5.95. The zero-order valence-corrected chi connectivity index (χ0v) is 12.2. The minimum atomic E-state index is -0.836. The number of Topliss-reactive ketones (excluding diaryl/α,β-unsaturated/α-hetero) is 1. The summed E-state index contributed by atoms with van der Waals surface area (Å²) in [5, 5.41) is 13.9. The van der Waals surface area contributed by atoms with Crippen molar-refractivity contribution in [3.63, 3.8) is 0 Å². The Hall–Kier alpha value is -2.37. The van der Waals surface area contributed by atoms with Crippen LogP contribution in [0.3, 0.4) is 0 Å². The Labute approximate surface area is 123 Å². The summed E-state index contributed by atoms with van der Waals surface area (Å²) in [5.41, 5.74) is 1.18. The number of rotatable bonds is 7. The lowest BCUT2D eigenvalue weighted by atomic mass is 10.1. The first kappa shape index (κ1) is 16.7. The second kappa shape index (κ2) is 8.04. The average molecular weight is 292 g/mol. The van der Waals surface area contributed by atoms with Crippen LogP contribution in [0.25, 0.3) is 0 Å². The normalized spacial score (nSPS) is 11.5. The molecule has 0 aliphatic heterocycles. The monoisotopic (exact) mass is 292 g/mol. The zero-order chi connectivity index (χ0) is 15.8. The van der Waals surface area contributed by atoms with E-state index >= 15 is 0 Å². The van der Waals surface area contributed by atoms with E-state index < -0.39 is 5.97 Å². The van der Waals surface area contributed by atoms with Crippen molar-refractivity contribution < 1.29 is 19.5 Å². The molecule has 1 aromatic carbocycles. The first-order valence-electron chi connectivity index (χ1n) is 6.76. The SMILES string of the molecule is CC(=O)c1ccc(NC(=O)NCC(C)CCC(=O)O)cc1. The van der Waals surface area contributed by atoms with Gasteiger partial charge in [0.25, 0.3) is 0 Å². The van der Waals surface area contributed by atoms with Gasteiger partial charge in [0.2, 0.25) is 0 Å². The molecule has 0 aromatic heterocycles. The lowest BCUT2D eigenvalue weighted by molar-refractivity contribution is -0.137. The maximum Gasteiger partial charge on any atom is 0.319 e. The van der Waals surface area contributed by atoms with Crippen LogP contribution >= 0.6 is 0 Å². The first-order chi connectivity index (χ1) is 9.88. The number of carbonyl (C=O) groups excluding carboxylic acids is 2. The van der Waals surface area contributed by atoms with Gasteiger partial charge in [-0.1, -0.05) is 6.92 Å². The second-order valence-electron chi connectivity index (χ2n) is 5.01. The molecule has 0 radical (unpaired) electrons. The number of hydrogen-bond donors (Lipinski definition) is 3. The lowest BCUT2D eigenvalue weighted by Crippen LogP contribution is -2.32. The van der Waals surface area contributed by atoms with Gasteiger partial charge in [-0.2, -0.15) is 0 Å². The van der Waals surface area contributed by atoms with Crippen LogP contribution in [0.4, 0.5) is 10.5 Å². The van der Waals surface area contributed by atoms with Crippen molar-refractivity contribution in [2.75, 3.05) is 11.9 Å². The van der Waals surface area contributed by atoms with Crippen molar-refractivity contribution in [3.05, 3.63) is 29.8 Å². The fourth-order valence-corrected chi connectivity index (χ4v) is 1.70. The van der Waals surface area contributed by atoms with Crippen LogP contribution in [-0.2, 0) is 4.79 Å². The Morgan fingerprint density at radius 1 is 1.19 bits per heavy atom. The summed E-state index contributed by atoms with van der Waals surface area (Å²) in [4.78, 5) is 33.2. The highest BCUT2D eigenvalue weighted by Gasteiger charge is 2.08. The van der Waals surface area contributed by atoms with Gasteiger partial charge in [0.05, 0.1) is 0 Å². The molecule has 1 aromatic rings. The molecule has 6 heteroatoms. The number of ketones is 1. The molecule has 1 unspecified atom stereocenters. The van der Waals surface area contributed by atoms with Gasteiger partial charge in [0, 0.05) is 24.2 Å². The number of carboxylic acid groups (broad SMARTS) is 1. The Bertz CT molecular complexity index is 511. The lowest BCUT2D eigenvalue weighted by Gasteiger charge is -2.12. The largest absolute Gasteiger partial charge is 0.481 e. The molecule has 1 atom stereocenters. The summed E-state index contributed by atoms with van der Waals surface area (Å²) in [6.07, 6.45) is 0.611. The van der Waals surface area contributed by atoms with E-state index in [0.717, 1.165) is 0 Å². The first-order valence-corrected chi connectivity index (χ1v) is 6.76. The van der Waals surface area contributed by atoms with E-state index in [4.69, 9.17) is 5.11 Å². The van der Waals surface area contributed by atoms with E-state index in [0.29, 0.717) is 24.2 Å². The second-order valence-corrected chi connectivity index (χ2v) is 5.01. The standard InChI is InChI=1S/C15H20N2O4/c1-10(3-8-14(19)20)9-16-15(21)17-13-6-4-12(5-7-13)11(2)18/h4-7,10H,3,8-9H2,1-2H3,(H,19,20)(H2,16,17,21). The number of amides is 2. The minimum absolute atomic E-state index is 0.0294. The smallest absolute Gasteiger partial charge is 0.319 e. The third-order valence-electron chi connectivity index (χ3n) is 3.01. The number of urea groups is 1. The van der Waals surface area contributed by atoms with Crippen molar-refractivity contribution in [1.82, 2.24) is 5.32 Å². The minimum Gasteiger partial charge on any atom is -0.481 e. The van der Waals surface area contributed by atoms with Crippen molar-refractivity contribution in [2.24, 2.45) is 5.92 Å². The van der Waals surface area contributed by atoms with Gasteiger partial charge in [-0.3, -0.25) is 9.59 Å². The molecule has 3 N–H and O–H groups in total. The summed E-state index contributed by atoms with van der Waals surface area (Å²) in [6, 6.07) is 6.25. The summed E-state index contributed by atoms with van der Waals surface area (Å²) < 4.78 is 0. The molecule has 1 rings (SSSR count). The van der Waals surface area contributed by atoms with Crippen LogP contribution < -0.4 is 10.6 Å². The molecule has 0 heterocycles. The number of aliphatic carboxylic acids is 1. The summed E-state index contributed by atoms with van der Waals surface area (Å²) >= 11 is 0. The summed E-state index contributed by atoms with van der Waals surface area (Å²) in [5.74, 6) is -0.776. The Morgan fingerprint density at radius 2 is 1.81 bits per heavy atom. The fourth-order valence-electron chi connectivity index (χ4n) is 1.70. The van der Waals surface area contributed by atoms with Gasteiger partial charge in [-0.25, -0.2) is 4.79 Å². The fraction of sp³-hybridized carbons (Fsp3) is 0.400. The maximum atomic E-state index is 11.7. The molecule has 0 saturated carbocycles. The molecule has 0 spiro atoms. The average Bonchev–Trinajstić information content (AvgIpc) is 2.43. The van der Waals surface area contributed by atoms with Crippen LogP contribution in [0.5, 0.6) is 0 Å². The van der Waals surface area contributed by atoms with Crippen LogP contribution in [0.2, 0.25) is 0 Å². The Morgan fingerprint density at radius 3 is 2.33 bits per heavy atom. The number of carbonyl (C=O) groups is 3. The van der Waals surface area contributed by atoms with E-state index in [1.54, 1.807) is 24.3 Å². The quantitative estimate of drug-likeness (QED) is 0.673. The highest BCUT2D eigenvalue weighted by Crippen LogP contribution is 2.10. The molecule has 114 valence electrons. The summed E-state index contributed by atoms with van der Waals surface area (Å²) in [7, 11) is 0. The maximum absolute atomic E-state index is 11.7. The van der Waals surface area contributed by atoms with Gasteiger partial charge in [-0.15, -0.1) is 0 Å². The number of hydrogen-bond acceptors (Lipinski definition) is 3. The van der Waals surface area contributed by atoms with Crippen molar-refractivity contribution >= 4 is 23.5 Å². The zero-order valence-electron chi connectivity index (χ0n) is 12.2. The Balaban J connectivity index is 2.36. The van der Waals surface area contributed by atoms with Crippen molar-refractivity contribution in [2.45, 2.75) is 26.7 Å². The van der Waals surface area contributed by atoms with E-state index in [1.165, 1.54) is 6.92 Å². The van der Waals surface area contributed by atoms with Crippen LogP contribution in [0.15, 0.2) is 24.3 Å². The van der Waals surface area contributed by atoms with Gasteiger partial charge in [-0.05, 0) is 43.5 Å². The topological polar surface area (TPSA) is 95.5 Å². The van der Waals surface area contributed by atoms with Crippen LogP contribution in [-0.4, -0.2) is 29.4 Å². The van der Waals surface area contributed by atoms with Gasteiger partial charge in [0.15, 0.2) is 5.78 Å². The predicted molar refractivity (Wildman–Crippen MR) is 79.5 cm³/mol. The number of nitrogens with one attached hydrogen (secondary N) is 2. The third kappa shape index (κ3) is 6.56. The molecule has 21 heavy (non-hydrogen) atoms. The molecule has 0 aliphatic rings. The molecular weight excluding hydrogens is 272 g/mol. The molecule has 6 nitrogen and oxygen atoms in total. The van der Waals surface area contributed by atoms with Crippen LogP contribution in [0, 0.1) is 5.92 Å². The number of carboxylic acids is 1. The van der Waals surface area contributed by atoms with Gasteiger partial charge >= 0.3 is 12.0 Å².